The van der Waals surface area contributed by atoms with Crippen molar-refractivity contribution < 1.29 is 9.90 Å². The molecule has 1 atom stereocenters. The van der Waals surface area contributed by atoms with Gasteiger partial charge in [0.15, 0.2) is 0 Å². The molecule has 0 bridgehead atoms. The van der Waals surface area contributed by atoms with Gasteiger partial charge in [-0.15, -0.1) is 0 Å². The van der Waals surface area contributed by atoms with E-state index in [1.165, 1.54) is 0 Å². The molecule has 17 heavy (non-hydrogen) atoms. The molecule has 96 valence electrons. The molecule has 0 spiro atoms. The van der Waals surface area contributed by atoms with Gasteiger partial charge in [0.2, 0.25) is 0 Å². The van der Waals surface area contributed by atoms with Gasteiger partial charge in [0.05, 0.1) is 6.33 Å². The van der Waals surface area contributed by atoms with E-state index in [1.807, 2.05) is 6.92 Å². The zero-order chi connectivity index (χ0) is 12.7. The van der Waals surface area contributed by atoms with Crippen LogP contribution >= 0.6 is 0 Å². The lowest BCUT2D eigenvalue weighted by Gasteiger charge is -2.11. The highest BCUT2D eigenvalue weighted by Crippen LogP contribution is 2.00. The van der Waals surface area contributed by atoms with Crippen LogP contribution in [-0.2, 0) is 6.54 Å². The molecule has 0 aliphatic heterocycles. The first-order valence-electron chi connectivity index (χ1n) is 5.81. The van der Waals surface area contributed by atoms with Crippen molar-refractivity contribution in [2.45, 2.75) is 32.4 Å². The number of hydrogen-bond acceptors (Lipinski definition) is 4. The number of imidazole rings is 1. The van der Waals surface area contributed by atoms with Crippen LogP contribution in [0, 0.1) is 0 Å². The van der Waals surface area contributed by atoms with Gasteiger partial charge in [-0.05, 0) is 19.8 Å². The van der Waals surface area contributed by atoms with Crippen molar-refractivity contribution in [2.24, 2.45) is 5.73 Å². The molecular weight excluding hydrogens is 220 g/mol. The van der Waals surface area contributed by atoms with Crippen molar-refractivity contribution in [3.63, 3.8) is 0 Å². The third-order valence-electron chi connectivity index (χ3n) is 2.43. The average molecular weight is 240 g/mol. The van der Waals surface area contributed by atoms with E-state index in [9.17, 15) is 4.79 Å². The van der Waals surface area contributed by atoms with E-state index >= 15 is 0 Å². The summed E-state index contributed by atoms with van der Waals surface area (Å²) in [6.45, 7) is 3.22. The van der Waals surface area contributed by atoms with Gasteiger partial charge in [-0.1, -0.05) is 0 Å². The standard InChI is InChI=1S/C11H20N4O2/c1-9(3-2-6-16)14-11(17)10-7-15(5-4-12)8-13-10/h7-9,16H,2-6,12H2,1H3,(H,14,17). The smallest absolute Gasteiger partial charge is 0.271 e. The highest BCUT2D eigenvalue weighted by Gasteiger charge is 2.11. The number of aliphatic hydroxyl groups excluding tert-OH is 1. The summed E-state index contributed by atoms with van der Waals surface area (Å²) >= 11 is 0. The summed E-state index contributed by atoms with van der Waals surface area (Å²) in [6, 6.07) is 0.0364. The Morgan fingerprint density at radius 2 is 2.47 bits per heavy atom. The Hall–Kier alpha value is -1.40. The molecule has 1 aromatic rings. The minimum Gasteiger partial charge on any atom is -0.396 e. The second kappa shape index (κ2) is 7.03. The summed E-state index contributed by atoms with van der Waals surface area (Å²) in [5, 5.41) is 11.5. The van der Waals surface area contributed by atoms with Crippen LogP contribution in [0.4, 0.5) is 0 Å². The molecule has 0 aliphatic rings. The molecule has 0 aliphatic carbocycles. The van der Waals surface area contributed by atoms with Crippen LogP contribution in [0.5, 0.6) is 0 Å². The Balaban J connectivity index is 2.45. The van der Waals surface area contributed by atoms with Crippen molar-refractivity contribution in [3.05, 3.63) is 18.2 Å². The fourth-order valence-corrected chi connectivity index (χ4v) is 1.52. The van der Waals surface area contributed by atoms with Gasteiger partial charge in [0.1, 0.15) is 5.69 Å². The molecule has 1 rings (SSSR count). The van der Waals surface area contributed by atoms with Gasteiger partial charge in [-0.25, -0.2) is 4.98 Å². The quantitative estimate of drug-likeness (QED) is 0.611. The summed E-state index contributed by atoms with van der Waals surface area (Å²) in [7, 11) is 0. The van der Waals surface area contributed by atoms with Crippen LogP contribution in [0.25, 0.3) is 0 Å². The van der Waals surface area contributed by atoms with Crippen molar-refractivity contribution in [3.8, 4) is 0 Å². The summed E-state index contributed by atoms with van der Waals surface area (Å²) in [5.74, 6) is -0.189. The lowest BCUT2D eigenvalue weighted by atomic mass is 10.2. The van der Waals surface area contributed by atoms with Crippen LogP contribution in [0.15, 0.2) is 12.5 Å². The molecule has 0 radical (unpaired) electrons. The maximum atomic E-state index is 11.8. The Morgan fingerprint density at radius 3 is 3.12 bits per heavy atom. The maximum absolute atomic E-state index is 11.8. The molecule has 0 aromatic carbocycles. The van der Waals surface area contributed by atoms with E-state index in [2.05, 4.69) is 10.3 Å². The number of hydrogen-bond donors (Lipinski definition) is 3. The van der Waals surface area contributed by atoms with E-state index in [0.29, 0.717) is 25.2 Å². The van der Waals surface area contributed by atoms with Gasteiger partial charge in [-0.2, -0.15) is 0 Å². The van der Waals surface area contributed by atoms with Crippen LogP contribution in [0.1, 0.15) is 30.3 Å². The highest BCUT2D eigenvalue weighted by molar-refractivity contribution is 5.92. The average Bonchev–Trinajstić information content (AvgIpc) is 2.75. The van der Waals surface area contributed by atoms with E-state index < -0.39 is 0 Å². The number of carbonyl (C=O) groups is 1. The number of amides is 1. The van der Waals surface area contributed by atoms with E-state index in [0.717, 1.165) is 6.42 Å². The first kappa shape index (κ1) is 13.7. The number of nitrogens with two attached hydrogens (primary N) is 1. The molecule has 0 saturated heterocycles. The number of carbonyl (C=O) groups excluding carboxylic acids is 1. The van der Waals surface area contributed by atoms with Gasteiger partial charge in [-0.3, -0.25) is 4.79 Å². The van der Waals surface area contributed by atoms with Crippen molar-refractivity contribution >= 4 is 5.91 Å². The summed E-state index contributed by atoms with van der Waals surface area (Å²) < 4.78 is 1.79. The van der Waals surface area contributed by atoms with Gasteiger partial charge >= 0.3 is 0 Å². The molecule has 1 heterocycles. The first-order chi connectivity index (χ1) is 8.17. The molecule has 6 heteroatoms. The van der Waals surface area contributed by atoms with E-state index in [4.69, 9.17) is 10.8 Å². The summed E-state index contributed by atoms with van der Waals surface area (Å²) in [4.78, 5) is 15.8. The van der Waals surface area contributed by atoms with Crippen molar-refractivity contribution in [1.29, 1.82) is 0 Å². The Morgan fingerprint density at radius 1 is 1.71 bits per heavy atom. The predicted octanol–water partition coefficient (Wildman–Crippen LogP) is -0.267. The van der Waals surface area contributed by atoms with Gasteiger partial charge < -0.3 is 20.7 Å². The number of rotatable bonds is 7. The van der Waals surface area contributed by atoms with Crippen LogP contribution < -0.4 is 11.1 Å². The number of aliphatic hydroxyl groups is 1. The SMILES string of the molecule is CC(CCCO)NC(=O)c1cn(CCN)cn1. The predicted molar refractivity (Wildman–Crippen MR) is 64.5 cm³/mol. The zero-order valence-electron chi connectivity index (χ0n) is 10.1. The Kier molecular flexibility index (Phi) is 5.65. The molecule has 0 saturated carbocycles. The second-order valence-corrected chi connectivity index (χ2v) is 4.03. The fourth-order valence-electron chi connectivity index (χ4n) is 1.52. The second-order valence-electron chi connectivity index (χ2n) is 4.03. The fraction of sp³-hybridized carbons (Fsp3) is 0.636. The summed E-state index contributed by atoms with van der Waals surface area (Å²) in [5.41, 5.74) is 5.81. The minimum atomic E-state index is -0.189. The third kappa shape index (κ3) is 4.54. The van der Waals surface area contributed by atoms with Crippen molar-refractivity contribution in [2.75, 3.05) is 13.2 Å². The number of nitrogens with one attached hydrogen (secondary N) is 1. The summed E-state index contributed by atoms with van der Waals surface area (Å²) in [6.07, 6.45) is 4.72. The molecule has 1 aromatic heterocycles. The third-order valence-corrected chi connectivity index (χ3v) is 2.43. The van der Waals surface area contributed by atoms with Crippen LogP contribution in [0.3, 0.4) is 0 Å². The Bertz CT molecular complexity index is 351. The normalized spacial score (nSPS) is 12.4. The van der Waals surface area contributed by atoms with E-state index in [-0.39, 0.29) is 18.6 Å². The van der Waals surface area contributed by atoms with Gasteiger partial charge in [0.25, 0.3) is 5.91 Å². The molecule has 6 nitrogen and oxygen atoms in total. The number of nitrogens with zero attached hydrogens (tertiary/aromatic N) is 2. The molecule has 0 fully saturated rings. The number of aromatic nitrogens is 2. The lowest BCUT2D eigenvalue weighted by Crippen LogP contribution is -2.32. The zero-order valence-corrected chi connectivity index (χ0v) is 10.1. The van der Waals surface area contributed by atoms with E-state index in [1.54, 1.807) is 17.1 Å². The lowest BCUT2D eigenvalue weighted by molar-refractivity contribution is 0.0931. The molecule has 1 unspecified atom stereocenters. The highest BCUT2D eigenvalue weighted by atomic mass is 16.3. The van der Waals surface area contributed by atoms with Crippen molar-refractivity contribution in [1.82, 2.24) is 14.9 Å². The Labute approximate surface area is 101 Å². The molecule has 1 amide bonds. The van der Waals surface area contributed by atoms with Crippen LogP contribution in [-0.4, -0.2) is 39.8 Å². The topological polar surface area (TPSA) is 93.2 Å². The maximum Gasteiger partial charge on any atom is 0.271 e. The molecular formula is C11H20N4O2. The largest absolute Gasteiger partial charge is 0.396 e. The van der Waals surface area contributed by atoms with Crippen LogP contribution in [0.2, 0.25) is 0 Å². The first-order valence-corrected chi connectivity index (χ1v) is 5.81. The minimum absolute atomic E-state index is 0.0364. The molecule has 4 N–H and O–H groups in total. The van der Waals surface area contributed by atoms with Gasteiger partial charge in [0, 0.05) is 31.9 Å². The monoisotopic (exact) mass is 240 g/mol.